The molecule has 0 bridgehead atoms. The zero-order valence-electron chi connectivity index (χ0n) is 11.9. The molecule has 0 spiro atoms. The number of benzene rings is 1. The molecule has 0 unspecified atom stereocenters. The Morgan fingerprint density at radius 1 is 1.42 bits per heavy atom. The average molecular weight is 262 g/mol. The van der Waals surface area contributed by atoms with Crippen LogP contribution in [0.2, 0.25) is 0 Å². The second kappa shape index (κ2) is 5.24. The van der Waals surface area contributed by atoms with Gasteiger partial charge in [-0.15, -0.1) is 0 Å². The molecule has 0 aromatic heterocycles. The van der Waals surface area contributed by atoms with E-state index in [0.717, 1.165) is 29.7 Å². The summed E-state index contributed by atoms with van der Waals surface area (Å²) in [7, 11) is 0. The Labute approximate surface area is 114 Å². The van der Waals surface area contributed by atoms with Crippen molar-refractivity contribution in [2.75, 3.05) is 0 Å². The molecule has 3 heteroatoms. The number of aliphatic carboxylic acids is 1. The van der Waals surface area contributed by atoms with Crippen molar-refractivity contribution in [3.63, 3.8) is 0 Å². The lowest BCUT2D eigenvalue weighted by Crippen LogP contribution is -2.28. The number of hydrogen-bond acceptors (Lipinski definition) is 2. The van der Waals surface area contributed by atoms with Gasteiger partial charge in [0, 0.05) is 0 Å². The first kappa shape index (κ1) is 13.9. The predicted molar refractivity (Wildman–Crippen MR) is 74.6 cm³/mol. The molecular formula is C16H22O3. The fourth-order valence-corrected chi connectivity index (χ4v) is 2.18. The molecular weight excluding hydrogens is 240 g/mol. The molecule has 19 heavy (non-hydrogen) atoms. The summed E-state index contributed by atoms with van der Waals surface area (Å²) in [6.45, 7) is 5.53. The third-order valence-corrected chi connectivity index (χ3v) is 3.77. The maximum Gasteiger partial charge on any atom is 0.309 e. The van der Waals surface area contributed by atoms with Crippen LogP contribution < -0.4 is 4.74 Å². The summed E-state index contributed by atoms with van der Waals surface area (Å²) in [5, 5.41) is 9.26. The molecule has 1 aliphatic rings. The quantitative estimate of drug-likeness (QED) is 0.882. The van der Waals surface area contributed by atoms with E-state index in [2.05, 4.69) is 0 Å². The summed E-state index contributed by atoms with van der Waals surface area (Å²) in [6.07, 6.45) is 4.25. The van der Waals surface area contributed by atoms with Gasteiger partial charge in [-0.3, -0.25) is 4.79 Å². The maximum atomic E-state index is 11.3. The first-order chi connectivity index (χ1) is 8.88. The van der Waals surface area contributed by atoms with E-state index in [-0.39, 0.29) is 0 Å². The highest BCUT2D eigenvalue weighted by atomic mass is 16.5. The highest BCUT2D eigenvalue weighted by molar-refractivity contribution is 5.74. The minimum atomic E-state index is -0.774. The molecule has 0 heterocycles. The Hall–Kier alpha value is -1.51. The molecule has 0 saturated heterocycles. The average Bonchev–Trinajstić information content (AvgIpc) is 2.24. The normalized spacial score (nSPS) is 15.9. The molecule has 1 saturated carbocycles. The third kappa shape index (κ3) is 3.28. The summed E-state index contributed by atoms with van der Waals surface area (Å²) in [4.78, 5) is 11.3. The fourth-order valence-electron chi connectivity index (χ4n) is 2.18. The molecule has 3 nitrogen and oxygen atoms in total. The molecule has 0 radical (unpaired) electrons. The van der Waals surface area contributed by atoms with Crippen molar-refractivity contribution >= 4 is 5.97 Å². The second-order valence-corrected chi connectivity index (χ2v) is 6.15. The zero-order valence-corrected chi connectivity index (χ0v) is 11.9. The zero-order chi connectivity index (χ0) is 14.0. The molecule has 1 aliphatic carbocycles. The minimum absolute atomic E-state index is 0.314. The number of hydrogen-bond donors (Lipinski definition) is 1. The SMILES string of the molecule is Cc1ccc(OC2CCC2)c(CC(C)(C)C(=O)O)c1. The maximum absolute atomic E-state index is 11.3. The van der Waals surface area contributed by atoms with Crippen molar-refractivity contribution in [2.45, 2.75) is 52.6 Å². The summed E-state index contributed by atoms with van der Waals surface area (Å²) in [6, 6.07) is 6.03. The van der Waals surface area contributed by atoms with Gasteiger partial charge in [-0.1, -0.05) is 17.7 Å². The monoisotopic (exact) mass is 262 g/mol. The Morgan fingerprint density at radius 2 is 2.11 bits per heavy atom. The van der Waals surface area contributed by atoms with Crippen LogP contribution >= 0.6 is 0 Å². The summed E-state index contributed by atoms with van der Waals surface area (Å²) < 4.78 is 5.97. The number of rotatable bonds is 5. The van der Waals surface area contributed by atoms with Gasteiger partial charge in [0.1, 0.15) is 5.75 Å². The number of carbonyl (C=O) groups is 1. The number of carboxylic acids is 1. The fraction of sp³-hybridized carbons (Fsp3) is 0.562. The smallest absolute Gasteiger partial charge is 0.309 e. The van der Waals surface area contributed by atoms with E-state index in [4.69, 9.17) is 4.74 Å². The molecule has 0 amide bonds. The lowest BCUT2D eigenvalue weighted by molar-refractivity contribution is -0.146. The molecule has 1 fully saturated rings. The van der Waals surface area contributed by atoms with Gasteiger partial charge in [-0.2, -0.15) is 0 Å². The van der Waals surface area contributed by atoms with Gasteiger partial charge in [0.25, 0.3) is 0 Å². The van der Waals surface area contributed by atoms with Gasteiger partial charge in [-0.25, -0.2) is 0 Å². The van der Waals surface area contributed by atoms with Crippen LogP contribution in [0.5, 0.6) is 5.75 Å². The van der Waals surface area contributed by atoms with Crippen molar-refractivity contribution < 1.29 is 14.6 Å². The number of carboxylic acid groups (broad SMARTS) is 1. The Morgan fingerprint density at radius 3 is 2.63 bits per heavy atom. The van der Waals surface area contributed by atoms with Crippen LogP contribution in [0.3, 0.4) is 0 Å². The van der Waals surface area contributed by atoms with Crippen LogP contribution in [0.1, 0.15) is 44.2 Å². The molecule has 1 aromatic carbocycles. The van der Waals surface area contributed by atoms with Crippen LogP contribution in [-0.4, -0.2) is 17.2 Å². The van der Waals surface area contributed by atoms with Crippen molar-refractivity contribution in [2.24, 2.45) is 5.41 Å². The molecule has 0 atom stereocenters. The van der Waals surface area contributed by atoms with E-state index in [1.807, 2.05) is 25.1 Å². The van der Waals surface area contributed by atoms with Crippen molar-refractivity contribution in [1.29, 1.82) is 0 Å². The highest BCUT2D eigenvalue weighted by Gasteiger charge is 2.29. The lowest BCUT2D eigenvalue weighted by atomic mass is 9.85. The van der Waals surface area contributed by atoms with E-state index >= 15 is 0 Å². The number of ether oxygens (including phenoxy) is 1. The largest absolute Gasteiger partial charge is 0.490 e. The van der Waals surface area contributed by atoms with Crippen LogP contribution in [0, 0.1) is 12.3 Å². The van der Waals surface area contributed by atoms with Crippen molar-refractivity contribution in [1.82, 2.24) is 0 Å². The first-order valence-corrected chi connectivity index (χ1v) is 6.88. The van der Waals surface area contributed by atoms with Crippen molar-refractivity contribution in [3.05, 3.63) is 29.3 Å². The van der Waals surface area contributed by atoms with E-state index in [9.17, 15) is 9.90 Å². The first-order valence-electron chi connectivity index (χ1n) is 6.88. The lowest BCUT2D eigenvalue weighted by Gasteiger charge is -2.29. The summed E-state index contributed by atoms with van der Waals surface area (Å²) in [5.74, 6) is 0.0771. The van der Waals surface area contributed by atoms with Crippen LogP contribution in [0.25, 0.3) is 0 Å². The summed E-state index contributed by atoms with van der Waals surface area (Å²) in [5.41, 5.74) is 1.36. The van der Waals surface area contributed by atoms with Crippen LogP contribution in [0.15, 0.2) is 18.2 Å². The Kier molecular flexibility index (Phi) is 3.83. The standard InChI is InChI=1S/C16H22O3/c1-11-7-8-14(19-13-5-4-6-13)12(9-11)10-16(2,3)15(17)18/h7-9,13H,4-6,10H2,1-3H3,(H,17,18). The topological polar surface area (TPSA) is 46.5 Å². The van der Waals surface area contributed by atoms with Gasteiger partial charge >= 0.3 is 5.97 Å². The Balaban J connectivity index is 2.21. The van der Waals surface area contributed by atoms with E-state index in [1.54, 1.807) is 13.8 Å². The van der Waals surface area contributed by atoms with Gasteiger partial charge in [0.15, 0.2) is 0 Å². The summed E-state index contributed by atoms with van der Waals surface area (Å²) >= 11 is 0. The molecule has 1 N–H and O–H groups in total. The predicted octanol–water partition coefficient (Wildman–Crippen LogP) is 3.58. The van der Waals surface area contributed by atoms with Crippen LogP contribution in [0.4, 0.5) is 0 Å². The van der Waals surface area contributed by atoms with Gasteiger partial charge in [0.05, 0.1) is 11.5 Å². The second-order valence-electron chi connectivity index (χ2n) is 6.15. The van der Waals surface area contributed by atoms with Crippen molar-refractivity contribution in [3.8, 4) is 5.75 Å². The van der Waals surface area contributed by atoms with E-state index < -0.39 is 11.4 Å². The molecule has 1 aromatic rings. The molecule has 0 aliphatic heterocycles. The van der Waals surface area contributed by atoms with E-state index in [1.165, 1.54) is 6.42 Å². The minimum Gasteiger partial charge on any atom is -0.490 e. The van der Waals surface area contributed by atoms with E-state index in [0.29, 0.717) is 12.5 Å². The van der Waals surface area contributed by atoms with Gasteiger partial charge < -0.3 is 9.84 Å². The van der Waals surface area contributed by atoms with Crippen LogP contribution in [-0.2, 0) is 11.2 Å². The molecule has 2 rings (SSSR count). The third-order valence-electron chi connectivity index (χ3n) is 3.77. The van der Waals surface area contributed by atoms with Gasteiger partial charge in [-0.05, 0) is 58.1 Å². The molecule has 104 valence electrons. The highest BCUT2D eigenvalue weighted by Crippen LogP contribution is 2.32. The van der Waals surface area contributed by atoms with Gasteiger partial charge in [0.2, 0.25) is 0 Å². The number of aryl methyl sites for hydroxylation is 1. The Bertz CT molecular complexity index is 473.